The Labute approximate surface area is 244 Å². The monoisotopic (exact) mass is 591 g/mol. The number of unbranched alkanes of at least 4 members (excludes halogenated alkanes) is 3. The molecule has 1 aliphatic rings. The third kappa shape index (κ3) is 11.1. The Morgan fingerprint density at radius 2 is 1.76 bits per heavy atom. The highest BCUT2D eigenvalue weighted by Gasteiger charge is 2.30. The van der Waals surface area contributed by atoms with Gasteiger partial charge in [0.2, 0.25) is 0 Å². The van der Waals surface area contributed by atoms with E-state index in [4.69, 9.17) is 14.2 Å². The molecule has 1 saturated carbocycles. The van der Waals surface area contributed by atoms with E-state index in [0.29, 0.717) is 54.7 Å². The molecule has 0 radical (unpaired) electrons. The molecule has 3 N–H and O–H groups in total. The first-order valence-corrected chi connectivity index (χ1v) is 16.1. The molecule has 0 spiro atoms. The summed E-state index contributed by atoms with van der Waals surface area (Å²) in [4.78, 5) is 11.6. The van der Waals surface area contributed by atoms with Crippen molar-refractivity contribution in [3.8, 4) is 5.75 Å². The summed E-state index contributed by atoms with van der Waals surface area (Å²) in [6.07, 6.45) is 6.80. The van der Waals surface area contributed by atoms with E-state index >= 15 is 0 Å². The molecule has 1 fully saturated rings. The summed E-state index contributed by atoms with van der Waals surface area (Å²) in [6, 6.07) is 12.0. The zero-order valence-electron chi connectivity index (χ0n) is 24.1. The molecule has 9 nitrogen and oxygen atoms in total. The van der Waals surface area contributed by atoms with Crippen LogP contribution in [-0.4, -0.2) is 62.8 Å². The number of hydrogen-bond acceptors (Lipinski definition) is 9. The third-order valence-corrected chi connectivity index (χ3v) is 9.49. The van der Waals surface area contributed by atoms with Crippen LogP contribution in [0.2, 0.25) is 0 Å². The topological polar surface area (TPSA) is 131 Å². The molecule has 1 atom stereocenters. The van der Waals surface area contributed by atoms with Gasteiger partial charge in [0.15, 0.2) is 9.84 Å². The number of aliphatic hydroxyl groups excluding tert-OH is 2. The molecule has 1 unspecified atom stereocenters. The van der Waals surface area contributed by atoms with Gasteiger partial charge in [0.1, 0.15) is 5.75 Å². The number of esters is 1. The van der Waals surface area contributed by atoms with E-state index in [9.17, 15) is 23.4 Å². The lowest BCUT2D eigenvalue weighted by molar-refractivity contribution is -0.131. The molecule has 1 aliphatic carbocycles. The second-order valence-corrected chi connectivity index (χ2v) is 12.7. The lowest BCUT2D eigenvalue weighted by atomic mass is 10.1. The molecule has 0 saturated heterocycles. The average molecular weight is 592 g/mol. The van der Waals surface area contributed by atoms with Gasteiger partial charge in [-0.1, -0.05) is 43.9 Å². The first-order valence-electron chi connectivity index (χ1n) is 14.6. The SMILES string of the molecule is CC(=O)Oc1ccc(C(O)CNCCCCCCOCCOCc2cccc(S(=O)(=O)C3CCCC3)c2)cc1CO. The molecule has 10 heteroatoms. The van der Waals surface area contributed by atoms with Gasteiger partial charge < -0.3 is 29.7 Å². The second-order valence-electron chi connectivity index (χ2n) is 10.5. The van der Waals surface area contributed by atoms with E-state index in [-0.39, 0.29) is 11.9 Å². The molecule has 2 aromatic rings. The molecule has 0 bridgehead atoms. The van der Waals surface area contributed by atoms with Crippen LogP contribution < -0.4 is 10.1 Å². The minimum atomic E-state index is -3.25. The van der Waals surface area contributed by atoms with Gasteiger partial charge in [-0.05, 0) is 67.6 Å². The number of ether oxygens (including phenoxy) is 3. The highest BCUT2D eigenvalue weighted by Crippen LogP contribution is 2.30. The molecular formula is C31H45NO8S. The van der Waals surface area contributed by atoms with Crippen LogP contribution in [0.4, 0.5) is 0 Å². The Morgan fingerprint density at radius 3 is 2.51 bits per heavy atom. The van der Waals surface area contributed by atoms with Gasteiger partial charge >= 0.3 is 5.97 Å². The molecule has 0 heterocycles. The highest BCUT2D eigenvalue weighted by atomic mass is 32.2. The molecule has 228 valence electrons. The minimum absolute atomic E-state index is 0.247. The first kappa shape index (κ1) is 33.2. The summed E-state index contributed by atoms with van der Waals surface area (Å²) < 4.78 is 42.0. The van der Waals surface area contributed by atoms with Crippen molar-refractivity contribution in [3.63, 3.8) is 0 Å². The highest BCUT2D eigenvalue weighted by molar-refractivity contribution is 7.92. The summed E-state index contributed by atoms with van der Waals surface area (Å²) >= 11 is 0. The quantitative estimate of drug-likeness (QED) is 0.125. The van der Waals surface area contributed by atoms with E-state index < -0.39 is 21.9 Å². The second kappa shape index (κ2) is 17.6. The molecular weight excluding hydrogens is 546 g/mol. The van der Waals surface area contributed by atoms with Crippen molar-refractivity contribution >= 4 is 15.8 Å². The molecule has 41 heavy (non-hydrogen) atoms. The predicted octanol–water partition coefficient (Wildman–Crippen LogP) is 4.24. The maximum Gasteiger partial charge on any atom is 0.308 e. The van der Waals surface area contributed by atoms with Gasteiger partial charge in [0.25, 0.3) is 0 Å². The number of sulfone groups is 1. The third-order valence-electron chi connectivity index (χ3n) is 7.23. The van der Waals surface area contributed by atoms with Crippen molar-refractivity contribution in [2.24, 2.45) is 0 Å². The Bertz CT molecular complexity index is 1180. The van der Waals surface area contributed by atoms with Gasteiger partial charge in [0, 0.05) is 25.6 Å². The first-order chi connectivity index (χ1) is 19.8. The molecule has 0 aromatic heterocycles. The van der Waals surface area contributed by atoms with Crippen LogP contribution in [0.5, 0.6) is 5.75 Å². The van der Waals surface area contributed by atoms with Crippen molar-refractivity contribution in [2.75, 3.05) is 32.9 Å². The zero-order valence-corrected chi connectivity index (χ0v) is 24.9. The number of hydrogen-bond donors (Lipinski definition) is 3. The van der Waals surface area contributed by atoms with E-state index in [1.54, 1.807) is 36.4 Å². The van der Waals surface area contributed by atoms with Crippen LogP contribution in [-0.2, 0) is 37.3 Å². The average Bonchev–Trinajstić information content (AvgIpc) is 3.52. The minimum Gasteiger partial charge on any atom is -0.426 e. The number of aliphatic hydroxyl groups is 2. The Hall–Kier alpha value is -2.34. The fourth-order valence-electron chi connectivity index (χ4n) is 4.96. The Balaban J connectivity index is 1.18. The van der Waals surface area contributed by atoms with E-state index in [1.165, 1.54) is 6.92 Å². The van der Waals surface area contributed by atoms with Gasteiger partial charge in [-0.25, -0.2) is 8.42 Å². The number of nitrogens with one attached hydrogen (secondary N) is 1. The lowest BCUT2D eigenvalue weighted by Gasteiger charge is -2.15. The van der Waals surface area contributed by atoms with Crippen molar-refractivity contribution < 1.29 is 37.6 Å². The fourth-order valence-corrected chi connectivity index (χ4v) is 6.88. The maximum atomic E-state index is 12.8. The Kier molecular flexibility index (Phi) is 14.2. The van der Waals surface area contributed by atoms with Crippen LogP contribution in [0.3, 0.4) is 0 Å². The van der Waals surface area contributed by atoms with Gasteiger partial charge in [-0.2, -0.15) is 0 Å². The maximum absolute atomic E-state index is 12.8. The molecule has 0 amide bonds. The molecule has 0 aliphatic heterocycles. The van der Waals surface area contributed by atoms with Crippen LogP contribution >= 0.6 is 0 Å². The number of rotatable bonds is 19. The lowest BCUT2D eigenvalue weighted by Crippen LogP contribution is -2.22. The number of benzene rings is 2. The van der Waals surface area contributed by atoms with Crippen molar-refractivity contribution in [1.29, 1.82) is 0 Å². The van der Waals surface area contributed by atoms with Gasteiger partial charge in [0.05, 0.1) is 42.7 Å². The number of carbonyl (C=O) groups excluding carboxylic acids is 1. The zero-order chi connectivity index (χ0) is 29.5. The van der Waals surface area contributed by atoms with Crippen molar-refractivity contribution in [1.82, 2.24) is 5.32 Å². The molecule has 2 aromatic carbocycles. The van der Waals surface area contributed by atoms with Gasteiger partial charge in [-0.15, -0.1) is 0 Å². The van der Waals surface area contributed by atoms with Crippen molar-refractivity contribution in [2.45, 2.75) is 87.8 Å². The summed E-state index contributed by atoms with van der Waals surface area (Å²) in [5, 5.41) is 22.9. The summed E-state index contributed by atoms with van der Waals surface area (Å²) in [5.74, 6) is -0.158. The van der Waals surface area contributed by atoms with Gasteiger partial charge in [-0.3, -0.25) is 4.79 Å². The Morgan fingerprint density at radius 1 is 1.00 bits per heavy atom. The number of carbonyl (C=O) groups is 1. The predicted molar refractivity (Wildman–Crippen MR) is 156 cm³/mol. The van der Waals surface area contributed by atoms with E-state index in [1.807, 2.05) is 6.07 Å². The van der Waals surface area contributed by atoms with E-state index in [2.05, 4.69) is 5.32 Å². The summed E-state index contributed by atoms with van der Waals surface area (Å²) in [7, 11) is -3.25. The molecule has 3 rings (SSSR count). The van der Waals surface area contributed by atoms with Crippen molar-refractivity contribution in [3.05, 3.63) is 59.2 Å². The normalized spacial score (nSPS) is 14.8. The standard InChI is InChI=1S/C31H45NO8S/c1-24(34)40-31-14-13-26(20-27(31)22-33)30(35)21-32-15-6-2-3-7-16-38-17-18-39-23-25-9-8-12-29(19-25)41(36,37)28-10-4-5-11-28/h8-9,12-14,19-20,28,30,32-33,35H,2-7,10-11,15-18,21-23H2,1H3. The van der Waals surface area contributed by atoms with Crippen LogP contribution in [0.25, 0.3) is 0 Å². The van der Waals surface area contributed by atoms with E-state index in [0.717, 1.165) is 63.5 Å². The fraction of sp³-hybridized carbons (Fsp3) is 0.581. The largest absolute Gasteiger partial charge is 0.426 e. The smallest absolute Gasteiger partial charge is 0.308 e. The van der Waals surface area contributed by atoms with Crippen LogP contribution in [0.1, 0.15) is 81.1 Å². The van der Waals surface area contributed by atoms with Crippen LogP contribution in [0.15, 0.2) is 47.4 Å². The summed E-state index contributed by atoms with van der Waals surface area (Å²) in [6.45, 7) is 4.18. The van der Waals surface area contributed by atoms with Crippen LogP contribution in [0, 0.1) is 0 Å². The summed E-state index contributed by atoms with van der Waals surface area (Å²) in [5.41, 5.74) is 1.97.